The van der Waals surface area contributed by atoms with Crippen molar-refractivity contribution in [1.29, 1.82) is 0 Å². The Hall–Kier alpha value is -1.96. The molecule has 0 aliphatic carbocycles. The molecule has 2 heterocycles. The predicted octanol–water partition coefficient (Wildman–Crippen LogP) is 2.54. The lowest BCUT2D eigenvalue weighted by molar-refractivity contribution is -0.114. The maximum absolute atomic E-state index is 12.9. The molecular formula is C16H17ClN4O2S. The number of carbonyl (C=O) groups excluding carboxylic acids is 2. The van der Waals surface area contributed by atoms with Gasteiger partial charge >= 0.3 is 0 Å². The zero-order chi connectivity index (χ0) is 17.1. The summed E-state index contributed by atoms with van der Waals surface area (Å²) in [4.78, 5) is 30.0. The van der Waals surface area contributed by atoms with Gasteiger partial charge < -0.3 is 15.5 Å². The van der Waals surface area contributed by atoms with Crippen LogP contribution in [0.2, 0.25) is 5.02 Å². The average Bonchev–Trinajstić information content (AvgIpc) is 3.02. The molecule has 1 aliphatic heterocycles. The van der Waals surface area contributed by atoms with Crippen LogP contribution in [0.1, 0.15) is 29.0 Å². The summed E-state index contributed by atoms with van der Waals surface area (Å²) in [6.07, 6.45) is 0. The van der Waals surface area contributed by atoms with Crippen LogP contribution >= 0.6 is 22.9 Å². The number of thiazole rings is 1. The monoisotopic (exact) mass is 364 g/mol. The van der Waals surface area contributed by atoms with Gasteiger partial charge in [0.1, 0.15) is 5.69 Å². The summed E-state index contributed by atoms with van der Waals surface area (Å²) in [6.45, 7) is 3.39. The van der Waals surface area contributed by atoms with E-state index in [2.05, 4.69) is 15.6 Å². The van der Waals surface area contributed by atoms with E-state index in [1.165, 1.54) is 18.3 Å². The fourth-order valence-electron chi connectivity index (χ4n) is 2.69. The van der Waals surface area contributed by atoms with Crippen molar-refractivity contribution >= 4 is 39.9 Å². The second kappa shape index (κ2) is 7.29. The quantitative estimate of drug-likeness (QED) is 0.877. The number of amides is 2. The van der Waals surface area contributed by atoms with Crippen LogP contribution in [0.4, 0.5) is 5.13 Å². The van der Waals surface area contributed by atoms with Crippen molar-refractivity contribution < 1.29 is 9.59 Å². The zero-order valence-corrected chi connectivity index (χ0v) is 14.7. The molecule has 24 heavy (non-hydrogen) atoms. The molecule has 1 saturated heterocycles. The Morgan fingerprint density at radius 3 is 3.04 bits per heavy atom. The minimum atomic E-state index is -0.206. The summed E-state index contributed by atoms with van der Waals surface area (Å²) < 4.78 is 0. The Balaban J connectivity index is 1.83. The van der Waals surface area contributed by atoms with E-state index in [9.17, 15) is 9.59 Å². The first-order valence-corrected chi connectivity index (χ1v) is 8.80. The molecular weight excluding hydrogens is 348 g/mol. The van der Waals surface area contributed by atoms with Crippen LogP contribution < -0.4 is 10.6 Å². The first-order chi connectivity index (χ1) is 11.5. The number of hydrogen-bond acceptors (Lipinski definition) is 5. The number of aromatic nitrogens is 1. The first-order valence-electron chi connectivity index (χ1n) is 7.55. The lowest BCUT2D eigenvalue weighted by Gasteiger charge is -2.36. The maximum atomic E-state index is 12.9. The standard InChI is InChI=1S/C16H17ClN4O2S/c1-10(22)19-16-20-13(9-24-16)15(23)21-6-5-18-8-14(21)11-3-2-4-12(17)7-11/h2-4,7,9,14,18H,5-6,8H2,1H3,(H,19,20,22). The van der Waals surface area contributed by atoms with Crippen LogP contribution in [0.5, 0.6) is 0 Å². The van der Waals surface area contributed by atoms with E-state index in [0.29, 0.717) is 28.9 Å². The number of hydrogen-bond donors (Lipinski definition) is 2. The van der Waals surface area contributed by atoms with Gasteiger partial charge in [-0.05, 0) is 17.7 Å². The Labute approximate surface area is 148 Å². The van der Waals surface area contributed by atoms with Gasteiger partial charge in [-0.15, -0.1) is 11.3 Å². The summed E-state index contributed by atoms with van der Waals surface area (Å²) in [5.41, 5.74) is 1.33. The van der Waals surface area contributed by atoms with Crippen LogP contribution in [0.3, 0.4) is 0 Å². The molecule has 1 unspecified atom stereocenters. The van der Waals surface area contributed by atoms with E-state index in [1.807, 2.05) is 24.3 Å². The van der Waals surface area contributed by atoms with E-state index in [4.69, 9.17) is 11.6 Å². The Kier molecular flexibility index (Phi) is 5.13. The number of benzene rings is 1. The zero-order valence-electron chi connectivity index (χ0n) is 13.1. The average molecular weight is 365 g/mol. The third-order valence-electron chi connectivity index (χ3n) is 3.74. The number of piperazine rings is 1. The molecule has 0 radical (unpaired) electrons. The second-order valence-corrected chi connectivity index (χ2v) is 6.79. The fourth-order valence-corrected chi connectivity index (χ4v) is 3.62. The fraction of sp³-hybridized carbons (Fsp3) is 0.312. The van der Waals surface area contributed by atoms with E-state index in [-0.39, 0.29) is 17.9 Å². The van der Waals surface area contributed by atoms with Crippen molar-refractivity contribution in [3.05, 3.63) is 45.9 Å². The third kappa shape index (κ3) is 3.75. The van der Waals surface area contributed by atoms with Gasteiger partial charge in [0.25, 0.3) is 5.91 Å². The molecule has 1 atom stereocenters. The molecule has 0 spiro atoms. The van der Waals surface area contributed by atoms with Crippen molar-refractivity contribution in [2.45, 2.75) is 13.0 Å². The number of nitrogens with one attached hydrogen (secondary N) is 2. The third-order valence-corrected chi connectivity index (χ3v) is 4.74. The molecule has 3 rings (SSSR count). The van der Waals surface area contributed by atoms with Gasteiger partial charge in [-0.3, -0.25) is 9.59 Å². The van der Waals surface area contributed by atoms with Gasteiger partial charge in [-0.25, -0.2) is 4.98 Å². The normalized spacial score (nSPS) is 17.6. The van der Waals surface area contributed by atoms with Gasteiger partial charge in [0.2, 0.25) is 5.91 Å². The molecule has 126 valence electrons. The molecule has 8 heteroatoms. The highest BCUT2D eigenvalue weighted by Gasteiger charge is 2.30. The second-order valence-electron chi connectivity index (χ2n) is 5.49. The Morgan fingerprint density at radius 2 is 2.29 bits per heavy atom. The van der Waals surface area contributed by atoms with Crippen LogP contribution in [0, 0.1) is 0 Å². The smallest absolute Gasteiger partial charge is 0.274 e. The summed E-state index contributed by atoms with van der Waals surface area (Å²) in [5, 5.41) is 8.66. The van der Waals surface area contributed by atoms with E-state index < -0.39 is 0 Å². The molecule has 6 nitrogen and oxygen atoms in total. The predicted molar refractivity (Wildman–Crippen MR) is 94.5 cm³/mol. The highest BCUT2D eigenvalue weighted by molar-refractivity contribution is 7.14. The highest BCUT2D eigenvalue weighted by Crippen LogP contribution is 2.27. The number of nitrogens with zero attached hydrogens (tertiary/aromatic N) is 2. The lowest BCUT2D eigenvalue weighted by atomic mass is 10.0. The van der Waals surface area contributed by atoms with Crippen molar-refractivity contribution in [2.24, 2.45) is 0 Å². The first kappa shape index (κ1) is 16.9. The molecule has 2 amide bonds. The number of carbonyl (C=O) groups is 2. The topological polar surface area (TPSA) is 74.3 Å². The minimum absolute atomic E-state index is 0.101. The van der Waals surface area contributed by atoms with Crippen molar-refractivity contribution in [2.75, 3.05) is 25.0 Å². The molecule has 0 bridgehead atoms. The lowest BCUT2D eigenvalue weighted by Crippen LogP contribution is -2.48. The Bertz CT molecular complexity index is 764. The van der Waals surface area contributed by atoms with Crippen molar-refractivity contribution in [1.82, 2.24) is 15.2 Å². The molecule has 1 aromatic carbocycles. The van der Waals surface area contributed by atoms with Crippen molar-refractivity contribution in [3.8, 4) is 0 Å². The minimum Gasteiger partial charge on any atom is -0.328 e. The highest BCUT2D eigenvalue weighted by atomic mass is 35.5. The summed E-state index contributed by atoms with van der Waals surface area (Å²) in [6, 6.07) is 7.44. The Morgan fingerprint density at radius 1 is 1.46 bits per heavy atom. The van der Waals surface area contributed by atoms with Gasteiger partial charge in [0.15, 0.2) is 5.13 Å². The molecule has 2 aromatic rings. The van der Waals surface area contributed by atoms with E-state index in [1.54, 1.807) is 10.3 Å². The number of anilines is 1. The van der Waals surface area contributed by atoms with Gasteiger partial charge in [-0.2, -0.15) is 0 Å². The van der Waals surface area contributed by atoms with Gasteiger partial charge in [0, 0.05) is 37.0 Å². The molecule has 1 aliphatic rings. The molecule has 2 N–H and O–H groups in total. The van der Waals surface area contributed by atoms with Crippen LogP contribution in [-0.4, -0.2) is 41.3 Å². The molecule has 1 fully saturated rings. The van der Waals surface area contributed by atoms with Crippen molar-refractivity contribution in [3.63, 3.8) is 0 Å². The summed E-state index contributed by atoms with van der Waals surface area (Å²) in [7, 11) is 0. The SMILES string of the molecule is CC(=O)Nc1nc(C(=O)N2CCNCC2c2cccc(Cl)c2)cs1. The molecule has 0 saturated carbocycles. The maximum Gasteiger partial charge on any atom is 0.274 e. The van der Waals surface area contributed by atoms with Crippen LogP contribution in [0.25, 0.3) is 0 Å². The number of halogens is 1. The summed E-state index contributed by atoms with van der Waals surface area (Å²) >= 11 is 7.33. The van der Waals surface area contributed by atoms with Gasteiger partial charge in [-0.1, -0.05) is 23.7 Å². The van der Waals surface area contributed by atoms with Crippen LogP contribution in [-0.2, 0) is 4.79 Å². The van der Waals surface area contributed by atoms with Gasteiger partial charge in [0.05, 0.1) is 6.04 Å². The van der Waals surface area contributed by atoms with E-state index >= 15 is 0 Å². The summed E-state index contributed by atoms with van der Waals surface area (Å²) in [5.74, 6) is -0.350. The largest absolute Gasteiger partial charge is 0.328 e. The van der Waals surface area contributed by atoms with Crippen LogP contribution in [0.15, 0.2) is 29.6 Å². The van der Waals surface area contributed by atoms with E-state index in [0.717, 1.165) is 12.1 Å². The molecule has 1 aromatic heterocycles. The number of rotatable bonds is 3.